The van der Waals surface area contributed by atoms with Crippen LogP contribution in [0.15, 0.2) is 53.6 Å². The molecular weight excluding hydrogens is 355 g/mol. The third-order valence-electron chi connectivity index (χ3n) is 4.38. The summed E-state index contributed by atoms with van der Waals surface area (Å²) in [5, 5.41) is 9.11. The summed E-state index contributed by atoms with van der Waals surface area (Å²) in [6, 6.07) is 12.2. The first-order valence-electron chi connectivity index (χ1n) is 8.69. The Morgan fingerprint density at radius 2 is 1.78 bits per heavy atom. The molecule has 1 amide bonds. The van der Waals surface area contributed by atoms with Crippen LogP contribution in [0.2, 0.25) is 0 Å². The van der Waals surface area contributed by atoms with Crippen LogP contribution in [-0.2, 0) is 12.6 Å². The largest absolute Gasteiger partial charge is 0.416 e. The van der Waals surface area contributed by atoms with Crippen LogP contribution < -0.4 is 10.3 Å². The number of nitrogens with one attached hydrogen (secondary N) is 1. The maximum absolute atomic E-state index is 12.5. The quantitative estimate of drug-likeness (QED) is 0.849. The average molecular weight is 375 g/mol. The molecule has 27 heavy (non-hydrogen) atoms. The van der Waals surface area contributed by atoms with Gasteiger partial charge in [0.1, 0.15) is 0 Å². The predicted molar refractivity (Wildman–Crippen MR) is 99.0 cm³/mol. The van der Waals surface area contributed by atoms with Crippen LogP contribution in [0.5, 0.6) is 0 Å². The summed E-state index contributed by atoms with van der Waals surface area (Å²) in [5.74, 6) is -0.213. The lowest BCUT2D eigenvalue weighted by Crippen LogP contribution is -2.25. The van der Waals surface area contributed by atoms with Gasteiger partial charge in [-0.3, -0.25) is 9.80 Å². The summed E-state index contributed by atoms with van der Waals surface area (Å²) >= 11 is 0. The summed E-state index contributed by atoms with van der Waals surface area (Å²) in [6.07, 6.45) is -2.94. The molecular formula is C20H20F3N3O. The van der Waals surface area contributed by atoms with Crippen molar-refractivity contribution in [3.8, 4) is 0 Å². The van der Waals surface area contributed by atoms with Crippen molar-refractivity contribution in [2.45, 2.75) is 25.9 Å². The fourth-order valence-electron chi connectivity index (χ4n) is 2.83. The fourth-order valence-corrected chi connectivity index (χ4v) is 2.83. The summed E-state index contributed by atoms with van der Waals surface area (Å²) in [4.78, 5) is 12.2. The molecule has 0 unspecified atom stereocenters. The van der Waals surface area contributed by atoms with Gasteiger partial charge in [0.25, 0.3) is 5.91 Å². The minimum atomic E-state index is -4.34. The lowest BCUT2D eigenvalue weighted by atomic mass is 10.1. The van der Waals surface area contributed by atoms with E-state index in [4.69, 9.17) is 0 Å². The van der Waals surface area contributed by atoms with Crippen molar-refractivity contribution in [1.82, 2.24) is 5.32 Å². The molecule has 2 aromatic carbocycles. The molecule has 2 aromatic rings. The van der Waals surface area contributed by atoms with Crippen molar-refractivity contribution < 1.29 is 18.0 Å². The van der Waals surface area contributed by atoms with Gasteiger partial charge >= 0.3 is 6.18 Å². The first kappa shape index (κ1) is 18.9. The minimum Gasteiger partial charge on any atom is -0.352 e. The number of hydrogen-bond acceptors (Lipinski definition) is 3. The van der Waals surface area contributed by atoms with E-state index < -0.39 is 11.7 Å². The first-order valence-corrected chi connectivity index (χ1v) is 8.69. The Morgan fingerprint density at radius 3 is 2.33 bits per heavy atom. The summed E-state index contributed by atoms with van der Waals surface area (Å²) in [6.45, 7) is 3.17. The smallest absolute Gasteiger partial charge is 0.352 e. The number of hydrogen-bond donors (Lipinski definition) is 1. The molecule has 0 aliphatic carbocycles. The van der Waals surface area contributed by atoms with E-state index in [9.17, 15) is 18.0 Å². The molecule has 0 atom stereocenters. The maximum atomic E-state index is 12.5. The van der Waals surface area contributed by atoms with Gasteiger partial charge in [-0.25, -0.2) is 0 Å². The zero-order chi connectivity index (χ0) is 19.4. The topological polar surface area (TPSA) is 44.7 Å². The van der Waals surface area contributed by atoms with E-state index in [0.29, 0.717) is 18.5 Å². The van der Waals surface area contributed by atoms with Crippen LogP contribution in [0.3, 0.4) is 0 Å². The number of nitrogens with zero attached hydrogens (tertiary/aromatic N) is 2. The zero-order valence-electron chi connectivity index (χ0n) is 14.9. The molecule has 0 fully saturated rings. The molecule has 0 saturated carbocycles. The van der Waals surface area contributed by atoms with Gasteiger partial charge < -0.3 is 5.32 Å². The van der Waals surface area contributed by atoms with Crippen LogP contribution in [-0.4, -0.2) is 24.7 Å². The molecule has 0 saturated heterocycles. The Hall–Kier alpha value is -2.83. The monoisotopic (exact) mass is 375 g/mol. The van der Waals surface area contributed by atoms with Crippen molar-refractivity contribution in [3.63, 3.8) is 0 Å². The van der Waals surface area contributed by atoms with E-state index in [1.807, 2.05) is 24.1 Å². The first-order chi connectivity index (χ1) is 12.8. The van der Waals surface area contributed by atoms with Crippen LogP contribution in [0, 0.1) is 0 Å². The SMILES string of the molecule is CC1=NN(c2ccc(C(=O)NCCc3ccc(C(F)(F)F)cc3)cc2)CC1. The van der Waals surface area contributed by atoms with E-state index in [1.54, 1.807) is 12.1 Å². The molecule has 1 aliphatic heterocycles. The van der Waals surface area contributed by atoms with E-state index in [-0.39, 0.29) is 5.91 Å². The summed E-state index contributed by atoms with van der Waals surface area (Å²) in [5.41, 5.74) is 2.62. The highest BCUT2D eigenvalue weighted by atomic mass is 19.4. The molecule has 3 rings (SSSR count). The van der Waals surface area contributed by atoms with Gasteiger partial charge in [-0.2, -0.15) is 18.3 Å². The number of halogens is 3. The number of amides is 1. The van der Waals surface area contributed by atoms with Crippen LogP contribution in [0.4, 0.5) is 18.9 Å². The third kappa shape index (κ3) is 4.87. The lowest BCUT2D eigenvalue weighted by Gasteiger charge is -2.14. The number of benzene rings is 2. The molecule has 4 nitrogen and oxygen atoms in total. The second-order valence-electron chi connectivity index (χ2n) is 6.46. The Balaban J connectivity index is 1.50. The second-order valence-corrected chi connectivity index (χ2v) is 6.46. The number of hydrazone groups is 1. The standard InChI is InChI=1S/C20H20F3N3O/c1-14-11-13-26(25-14)18-8-4-16(5-9-18)19(27)24-12-10-15-2-6-17(7-3-15)20(21,22)23/h2-9H,10-13H2,1H3,(H,24,27). The highest BCUT2D eigenvalue weighted by molar-refractivity contribution is 5.94. The molecule has 0 radical (unpaired) electrons. The Morgan fingerprint density at radius 1 is 1.11 bits per heavy atom. The molecule has 142 valence electrons. The Labute approximate surface area is 155 Å². The normalized spacial score (nSPS) is 14.2. The number of rotatable bonds is 5. The van der Waals surface area contributed by atoms with Crippen molar-refractivity contribution in [2.75, 3.05) is 18.1 Å². The second kappa shape index (κ2) is 7.82. The van der Waals surface area contributed by atoms with E-state index in [0.717, 1.165) is 42.1 Å². The Kier molecular flexibility index (Phi) is 5.48. The van der Waals surface area contributed by atoms with Crippen LogP contribution in [0.1, 0.15) is 34.8 Å². The molecule has 0 spiro atoms. The molecule has 0 bridgehead atoms. The molecule has 1 heterocycles. The third-order valence-corrected chi connectivity index (χ3v) is 4.38. The highest BCUT2D eigenvalue weighted by Gasteiger charge is 2.29. The van der Waals surface area contributed by atoms with Crippen molar-refractivity contribution in [1.29, 1.82) is 0 Å². The number of alkyl halides is 3. The van der Waals surface area contributed by atoms with Crippen molar-refractivity contribution in [3.05, 3.63) is 65.2 Å². The number of carbonyl (C=O) groups excluding carboxylic acids is 1. The molecule has 0 aromatic heterocycles. The van der Waals surface area contributed by atoms with Crippen LogP contribution >= 0.6 is 0 Å². The predicted octanol–water partition coefficient (Wildman–Crippen LogP) is 4.26. The Bertz CT molecular complexity index is 827. The van der Waals surface area contributed by atoms with Crippen LogP contribution in [0.25, 0.3) is 0 Å². The summed E-state index contributed by atoms with van der Waals surface area (Å²) < 4.78 is 37.6. The maximum Gasteiger partial charge on any atom is 0.416 e. The van der Waals surface area contributed by atoms with Crippen molar-refractivity contribution in [2.24, 2.45) is 5.10 Å². The fraction of sp³-hybridized carbons (Fsp3) is 0.300. The van der Waals surface area contributed by atoms with E-state index in [2.05, 4.69) is 10.4 Å². The van der Waals surface area contributed by atoms with Gasteiger partial charge in [-0.05, 0) is 55.3 Å². The highest BCUT2D eigenvalue weighted by Crippen LogP contribution is 2.29. The van der Waals surface area contributed by atoms with Crippen molar-refractivity contribution >= 4 is 17.3 Å². The summed E-state index contributed by atoms with van der Waals surface area (Å²) in [7, 11) is 0. The number of anilines is 1. The molecule has 1 N–H and O–H groups in total. The lowest BCUT2D eigenvalue weighted by molar-refractivity contribution is -0.137. The van der Waals surface area contributed by atoms with Gasteiger partial charge in [-0.15, -0.1) is 0 Å². The van der Waals surface area contributed by atoms with Gasteiger partial charge in [0, 0.05) is 30.8 Å². The molecule has 1 aliphatic rings. The van der Waals surface area contributed by atoms with Gasteiger partial charge in [0.05, 0.1) is 11.3 Å². The van der Waals surface area contributed by atoms with E-state index in [1.165, 1.54) is 12.1 Å². The molecule has 7 heteroatoms. The number of carbonyl (C=O) groups is 1. The minimum absolute atomic E-state index is 0.213. The van der Waals surface area contributed by atoms with E-state index >= 15 is 0 Å². The van der Waals surface area contributed by atoms with Gasteiger partial charge in [-0.1, -0.05) is 12.1 Å². The van der Waals surface area contributed by atoms with Gasteiger partial charge in [0.15, 0.2) is 0 Å². The van der Waals surface area contributed by atoms with Gasteiger partial charge in [0.2, 0.25) is 0 Å². The average Bonchev–Trinajstić information content (AvgIpc) is 3.08. The zero-order valence-corrected chi connectivity index (χ0v) is 14.9.